The van der Waals surface area contributed by atoms with E-state index in [2.05, 4.69) is 30.7 Å². The highest BCUT2D eigenvalue weighted by molar-refractivity contribution is 5.83. The van der Waals surface area contributed by atoms with Gasteiger partial charge in [-0.15, -0.1) is 0 Å². The maximum atomic E-state index is 13.6. The molecule has 0 saturated heterocycles. The second-order valence-corrected chi connectivity index (χ2v) is 9.64. The standard InChI is InChI=1S/C20H29N3O/c1-14(16-5-6-21-13-22-16)23(4)17(24)20-9-15-7-18(2,11-20)10-19(3,8-15)12-20/h5-6,13-15H,7-12H2,1-4H3/t14-,15?,18+,19+,20?/m0/s1. The number of nitrogens with zero attached hydrogens (tertiary/aromatic N) is 3. The van der Waals surface area contributed by atoms with Gasteiger partial charge in [-0.1, -0.05) is 13.8 Å². The summed E-state index contributed by atoms with van der Waals surface area (Å²) in [4.78, 5) is 23.9. The lowest BCUT2D eigenvalue weighted by Gasteiger charge is -2.65. The summed E-state index contributed by atoms with van der Waals surface area (Å²) in [7, 11) is 1.96. The SMILES string of the molecule is C[C@@H](c1ccncn1)N(C)C(=O)C12CC3C[C@@](C)(C1)C[C@@](C)(C3)C2. The molecule has 0 N–H and O–H groups in total. The second kappa shape index (κ2) is 5.03. The summed E-state index contributed by atoms with van der Waals surface area (Å²) in [6.45, 7) is 6.92. The Bertz CT molecular complexity index is 640. The van der Waals surface area contributed by atoms with Crippen LogP contribution in [0.2, 0.25) is 0 Å². The summed E-state index contributed by atoms with van der Waals surface area (Å²) < 4.78 is 0. The van der Waals surface area contributed by atoms with Gasteiger partial charge in [0.1, 0.15) is 6.33 Å². The minimum atomic E-state index is -0.140. The number of hydrogen-bond acceptors (Lipinski definition) is 3. The predicted octanol–water partition coefficient (Wildman–Crippen LogP) is 3.99. The molecule has 0 radical (unpaired) electrons. The van der Waals surface area contributed by atoms with E-state index in [0.29, 0.717) is 16.7 Å². The Morgan fingerprint density at radius 1 is 1.21 bits per heavy atom. The Morgan fingerprint density at radius 2 is 1.88 bits per heavy atom. The predicted molar refractivity (Wildman–Crippen MR) is 93.1 cm³/mol. The zero-order chi connectivity index (χ0) is 17.2. The molecule has 4 aliphatic carbocycles. The van der Waals surface area contributed by atoms with Crippen molar-refractivity contribution in [3.63, 3.8) is 0 Å². The lowest BCUT2D eigenvalue weighted by atomic mass is 9.40. The third-order valence-electron chi connectivity index (χ3n) is 7.01. The van der Waals surface area contributed by atoms with E-state index in [9.17, 15) is 4.79 Å². The van der Waals surface area contributed by atoms with Gasteiger partial charge < -0.3 is 4.90 Å². The van der Waals surface area contributed by atoms with Crippen LogP contribution in [0.1, 0.15) is 71.0 Å². The van der Waals surface area contributed by atoms with Crippen molar-refractivity contribution >= 4 is 5.91 Å². The number of carbonyl (C=O) groups excluding carboxylic acids is 1. The van der Waals surface area contributed by atoms with Crippen LogP contribution in [0, 0.1) is 22.2 Å². The van der Waals surface area contributed by atoms with Crippen molar-refractivity contribution in [2.24, 2.45) is 22.2 Å². The van der Waals surface area contributed by atoms with Crippen LogP contribution in [-0.4, -0.2) is 27.8 Å². The van der Waals surface area contributed by atoms with Gasteiger partial charge in [-0.3, -0.25) is 4.79 Å². The van der Waals surface area contributed by atoms with Gasteiger partial charge in [0.05, 0.1) is 17.2 Å². The average molecular weight is 327 g/mol. The number of amides is 1. The molecule has 1 heterocycles. The topological polar surface area (TPSA) is 46.1 Å². The van der Waals surface area contributed by atoms with E-state index < -0.39 is 0 Å². The fourth-order valence-corrected chi connectivity index (χ4v) is 6.98. The van der Waals surface area contributed by atoms with Gasteiger partial charge in [0, 0.05) is 13.2 Å². The van der Waals surface area contributed by atoms with E-state index in [-0.39, 0.29) is 11.5 Å². The monoisotopic (exact) mass is 327 g/mol. The molecule has 0 aliphatic heterocycles. The molecule has 1 aromatic heterocycles. The lowest BCUT2D eigenvalue weighted by Crippen LogP contribution is -2.60. The summed E-state index contributed by atoms with van der Waals surface area (Å²) in [5.41, 5.74) is 1.51. The molecule has 5 rings (SSSR count). The van der Waals surface area contributed by atoms with Crippen molar-refractivity contribution in [3.8, 4) is 0 Å². The molecule has 3 atom stereocenters. The van der Waals surface area contributed by atoms with Crippen LogP contribution in [0.25, 0.3) is 0 Å². The maximum absolute atomic E-state index is 13.6. The molecule has 0 spiro atoms. The highest BCUT2D eigenvalue weighted by Gasteiger charge is 2.63. The smallest absolute Gasteiger partial charge is 0.229 e. The summed E-state index contributed by atoms with van der Waals surface area (Å²) in [6.07, 6.45) is 10.5. The maximum Gasteiger partial charge on any atom is 0.229 e. The largest absolute Gasteiger partial charge is 0.337 e. The van der Waals surface area contributed by atoms with Crippen LogP contribution < -0.4 is 0 Å². The van der Waals surface area contributed by atoms with Crippen molar-refractivity contribution in [1.29, 1.82) is 0 Å². The van der Waals surface area contributed by atoms with Gasteiger partial charge in [0.25, 0.3) is 0 Å². The van der Waals surface area contributed by atoms with Crippen LogP contribution in [0.3, 0.4) is 0 Å². The number of aromatic nitrogens is 2. The average Bonchev–Trinajstić information content (AvgIpc) is 2.50. The van der Waals surface area contributed by atoms with E-state index >= 15 is 0 Å². The molecule has 24 heavy (non-hydrogen) atoms. The molecule has 1 aromatic rings. The molecular weight excluding hydrogens is 298 g/mol. The van der Waals surface area contributed by atoms with Gasteiger partial charge in [-0.25, -0.2) is 9.97 Å². The molecule has 130 valence electrons. The lowest BCUT2D eigenvalue weighted by molar-refractivity contribution is -0.180. The summed E-state index contributed by atoms with van der Waals surface area (Å²) in [6, 6.07) is 1.91. The Balaban J connectivity index is 1.62. The van der Waals surface area contributed by atoms with E-state index in [0.717, 1.165) is 30.9 Å². The Kier molecular flexibility index (Phi) is 3.36. The van der Waals surface area contributed by atoms with Crippen LogP contribution in [0.4, 0.5) is 0 Å². The highest BCUT2D eigenvalue weighted by atomic mass is 16.2. The van der Waals surface area contributed by atoms with Crippen LogP contribution in [-0.2, 0) is 4.79 Å². The van der Waals surface area contributed by atoms with Crippen LogP contribution in [0.5, 0.6) is 0 Å². The molecular formula is C20H29N3O. The Morgan fingerprint density at radius 3 is 2.42 bits per heavy atom. The molecule has 4 heteroatoms. The summed E-state index contributed by atoms with van der Waals surface area (Å²) >= 11 is 0. The third-order valence-corrected chi connectivity index (χ3v) is 7.01. The van der Waals surface area contributed by atoms with Crippen molar-refractivity contribution in [2.75, 3.05) is 7.05 Å². The molecule has 0 aromatic carbocycles. The van der Waals surface area contributed by atoms with E-state index in [1.807, 2.05) is 18.0 Å². The molecule has 4 fully saturated rings. The van der Waals surface area contributed by atoms with Crippen LogP contribution >= 0.6 is 0 Å². The van der Waals surface area contributed by atoms with Crippen molar-refractivity contribution in [2.45, 2.75) is 65.3 Å². The fourth-order valence-electron chi connectivity index (χ4n) is 6.98. The Hall–Kier alpha value is -1.45. The van der Waals surface area contributed by atoms with E-state index in [1.54, 1.807) is 12.5 Å². The van der Waals surface area contributed by atoms with Gasteiger partial charge in [-0.2, -0.15) is 0 Å². The molecule has 1 amide bonds. The van der Waals surface area contributed by atoms with Gasteiger partial charge in [-0.05, 0) is 68.3 Å². The molecule has 4 bridgehead atoms. The van der Waals surface area contributed by atoms with Crippen molar-refractivity contribution in [3.05, 3.63) is 24.3 Å². The van der Waals surface area contributed by atoms with Gasteiger partial charge >= 0.3 is 0 Å². The highest BCUT2D eigenvalue weighted by Crippen LogP contribution is 2.69. The first kappa shape index (κ1) is 16.0. The Labute approximate surface area is 145 Å². The number of rotatable bonds is 3. The first-order valence-corrected chi connectivity index (χ1v) is 9.28. The zero-order valence-electron chi connectivity index (χ0n) is 15.4. The number of carbonyl (C=O) groups is 1. The van der Waals surface area contributed by atoms with E-state index in [1.165, 1.54) is 19.3 Å². The van der Waals surface area contributed by atoms with Crippen molar-refractivity contribution < 1.29 is 4.79 Å². The van der Waals surface area contributed by atoms with Crippen LogP contribution in [0.15, 0.2) is 18.6 Å². The molecule has 4 aliphatic rings. The third kappa shape index (κ3) is 2.37. The minimum absolute atomic E-state index is 0.00545. The van der Waals surface area contributed by atoms with Gasteiger partial charge in [0.2, 0.25) is 5.91 Å². The molecule has 4 nitrogen and oxygen atoms in total. The summed E-state index contributed by atoms with van der Waals surface area (Å²) in [5.74, 6) is 1.08. The quantitative estimate of drug-likeness (QED) is 0.843. The fraction of sp³-hybridized carbons (Fsp3) is 0.750. The normalized spacial score (nSPS) is 41.2. The first-order chi connectivity index (χ1) is 11.2. The minimum Gasteiger partial charge on any atom is -0.337 e. The van der Waals surface area contributed by atoms with Gasteiger partial charge in [0.15, 0.2) is 0 Å². The number of hydrogen-bond donors (Lipinski definition) is 0. The summed E-state index contributed by atoms with van der Waals surface area (Å²) in [5, 5.41) is 0. The van der Waals surface area contributed by atoms with Crippen molar-refractivity contribution in [1.82, 2.24) is 14.9 Å². The molecule has 0 unspecified atom stereocenters. The molecule has 4 saturated carbocycles. The second-order valence-electron chi connectivity index (χ2n) is 9.64. The van der Waals surface area contributed by atoms with E-state index in [4.69, 9.17) is 0 Å². The zero-order valence-corrected chi connectivity index (χ0v) is 15.4. The first-order valence-electron chi connectivity index (χ1n) is 9.28.